The van der Waals surface area contributed by atoms with E-state index in [0.717, 1.165) is 30.3 Å². The Bertz CT molecular complexity index is 1470. The highest BCUT2D eigenvalue weighted by atomic mass is 19.4. The average Bonchev–Trinajstić information content (AvgIpc) is 3.54. The van der Waals surface area contributed by atoms with E-state index in [1.54, 1.807) is 36.1 Å². The standard InChI is InChI=1S/C27H26F4N6O3/c1-16(27(29,30)31)36(14-17-3-5-19(28)6-4-17)23(38)15-37-24(39)26(33-25(37)40)11-9-18-13-20(7-8-21(18)26)32-22-10-12-35(2)34-22/h3-8,10,12-13,16H,9,11,14-15H2,1-2H3,(H,32,34)(H,33,40)/t16-,26?/m0/s1. The molecular weight excluding hydrogens is 532 g/mol. The molecule has 1 aromatic heterocycles. The number of rotatable bonds is 7. The van der Waals surface area contributed by atoms with E-state index in [2.05, 4.69) is 15.7 Å². The second-order valence-corrected chi connectivity index (χ2v) is 9.96. The number of hydrogen-bond acceptors (Lipinski definition) is 5. The van der Waals surface area contributed by atoms with Crippen molar-refractivity contribution in [2.45, 2.75) is 44.1 Å². The van der Waals surface area contributed by atoms with E-state index in [0.29, 0.717) is 27.6 Å². The van der Waals surface area contributed by atoms with Crippen molar-refractivity contribution in [3.05, 3.63) is 77.2 Å². The third-order valence-corrected chi connectivity index (χ3v) is 7.32. The predicted molar refractivity (Wildman–Crippen MR) is 136 cm³/mol. The molecule has 0 radical (unpaired) electrons. The maximum Gasteiger partial charge on any atom is 0.408 e. The summed E-state index contributed by atoms with van der Waals surface area (Å²) in [6, 6.07) is 8.72. The number of nitrogens with one attached hydrogen (secondary N) is 2. The van der Waals surface area contributed by atoms with Gasteiger partial charge in [0.25, 0.3) is 5.91 Å². The number of nitrogens with zero attached hydrogens (tertiary/aromatic N) is 4. The molecule has 1 aliphatic carbocycles. The molecule has 1 aliphatic heterocycles. The van der Waals surface area contributed by atoms with Crippen LogP contribution in [0, 0.1) is 5.82 Å². The molecule has 2 heterocycles. The minimum absolute atomic E-state index is 0.239. The van der Waals surface area contributed by atoms with Crippen LogP contribution in [-0.4, -0.2) is 56.2 Å². The Morgan fingerprint density at radius 2 is 1.90 bits per heavy atom. The number of aryl methyl sites for hydroxylation is 2. The van der Waals surface area contributed by atoms with Crippen molar-refractivity contribution in [3.8, 4) is 0 Å². The molecule has 0 bridgehead atoms. The molecule has 2 aliphatic rings. The van der Waals surface area contributed by atoms with Crippen molar-refractivity contribution in [2.75, 3.05) is 11.9 Å². The van der Waals surface area contributed by atoms with E-state index in [-0.39, 0.29) is 12.0 Å². The molecule has 1 unspecified atom stereocenters. The van der Waals surface area contributed by atoms with Crippen LogP contribution < -0.4 is 10.6 Å². The Balaban J connectivity index is 1.36. The number of carbonyl (C=O) groups excluding carboxylic acids is 3. The smallest absolute Gasteiger partial charge is 0.339 e. The largest absolute Gasteiger partial charge is 0.408 e. The Hall–Kier alpha value is -4.42. The number of anilines is 2. The van der Waals surface area contributed by atoms with Gasteiger partial charge in [0, 0.05) is 31.5 Å². The van der Waals surface area contributed by atoms with Gasteiger partial charge in [-0.25, -0.2) is 9.18 Å². The number of carbonyl (C=O) groups is 3. The Kier molecular flexibility index (Phi) is 6.76. The molecule has 40 heavy (non-hydrogen) atoms. The van der Waals surface area contributed by atoms with E-state index < -0.39 is 54.5 Å². The second-order valence-electron chi connectivity index (χ2n) is 9.96. The van der Waals surface area contributed by atoms with Gasteiger partial charge >= 0.3 is 12.2 Å². The topological polar surface area (TPSA) is 99.6 Å². The first-order chi connectivity index (χ1) is 18.9. The summed E-state index contributed by atoms with van der Waals surface area (Å²) in [5, 5.41) is 10.1. The summed E-state index contributed by atoms with van der Waals surface area (Å²) in [6.07, 6.45) is -2.28. The molecule has 1 fully saturated rings. The SMILES string of the molecule is C[C@H](N(Cc1ccc(F)cc1)C(=O)CN1C(=O)NC2(CCc3cc(Nc4ccn(C)n4)ccc32)C1=O)C(F)(F)F. The van der Waals surface area contributed by atoms with Gasteiger partial charge in [0.2, 0.25) is 5.91 Å². The van der Waals surface area contributed by atoms with Crippen LogP contribution in [0.15, 0.2) is 54.7 Å². The van der Waals surface area contributed by atoms with Gasteiger partial charge < -0.3 is 15.5 Å². The maximum absolute atomic E-state index is 13.6. The summed E-state index contributed by atoms with van der Waals surface area (Å²) in [5.74, 6) is -1.71. The zero-order valence-electron chi connectivity index (χ0n) is 21.6. The van der Waals surface area contributed by atoms with Crippen molar-refractivity contribution in [1.29, 1.82) is 0 Å². The van der Waals surface area contributed by atoms with Crippen molar-refractivity contribution < 1.29 is 31.9 Å². The number of aromatic nitrogens is 2. The predicted octanol–water partition coefficient (Wildman–Crippen LogP) is 3.98. The summed E-state index contributed by atoms with van der Waals surface area (Å²) in [4.78, 5) is 40.9. The number of alkyl halides is 3. The fourth-order valence-corrected chi connectivity index (χ4v) is 5.13. The minimum Gasteiger partial charge on any atom is -0.339 e. The van der Waals surface area contributed by atoms with Crippen molar-refractivity contribution in [1.82, 2.24) is 24.9 Å². The number of fused-ring (bicyclic) bond motifs is 2. The Morgan fingerprint density at radius 3 is 2.55 bits per heavy atom. The van der Waals surface area contributed by atoms with Gasteiger partial charge in [-0.2, -0.15) is 18.3 Å². The van der Waals surface area contributed by atoms with Gasteiger partial charge in [-0.05, 0) is 60.7 Å². The highest BCUT2D eigenvalue weighted by Gasteiger charge is 2.56. The number of urea groups is 1. The van der Waals surface area contributed by atoms with Crippen LogP contribution >= 0.6 is 0 Å². The van der Waals surface area contributed by atoms with E-state index >= 15 is 0 Å². The van der Waals surface area contributed by atoms with Gasteiger partial charge in [0.05, 0.1) is 0 Å². The van der Waals surface area contributed by atoms with Crippen LogP contribution in [0.25, 0.3) is 0 Å². The Morgan fingerprint density at radius 1 is 1.18 bits per heavy atom. The Labute approximate surface area is 226 Å². The van der Waals surface area contributed by atoms with E-state index in [4.69, 9.17) is 0 Å². The van der Waals surface area contributed by atoms with E-state index in [1.165, 1.54) is 12.1 Å². The van der Waals surface area contributed by atoms with Crippen LogP contribution in [0.4, 0.5) is 33.9 Å². The monoisotopic (exact) mass is 558 g/mol. The summed E-state index contributed by atoms with van der Waals surface area (Å²) >= 11 is 0. The van der Waals surface area contributed by atoms with Crippen LogP contribution in [0.2, 0.25) is 0 Å². The molecule has 9 nitrogen and oxygen atoms in total. The van der Waals surface area contributed by atoms with Crippen molar-refractivity contribution in [3.63, 3.8) is 0 Å². The van der Waals surface area contributed by atoms with Gasteiger partial charge in [0.1, 0.15) is 23.9 Å². The highest BCUT2D eigenvalue weighted by molar-refractivity contribution is 6.10. The second kappa shape index (κ2) is 9.96. The van der Waals surface area contributed by atoms with Crippen molar-refractivity contribution >= 4 is 29.4 Å². The summed E-state index contributed by atoms with van der Waals surface area (Å²) in [6.45, 7) is -0.537. The quantitative estimate of drug-likeness (QED) is 0.338. The highest BCUT2D eigenvalue weighted by Crippen LogP contribution is 2.42. The van der Waals surface area contributed by atoms with Crippen LogP contribution in [-0.2, 0) is 35.1 Å². The molecule has 1 saturated heterocycles. The summed E-state index contributed by atoms with van der Waals surface area (Å²) in [5.41, 5.74) is 0.967. The lowest BCUT2D eigenvalue weighted by molar-refractivity contribution is -0.187. The van der Waals surface area contributed by atoms with Gasteiger partial charge in [-0.15, -0.1) is 0 Å². The van der Waals surface area contributed by atoms with Crippen molar-refractivity contribution in [2.24, 2.45) is 7.05 Å². The number of benzene rings is 2. The summed E-state index contributed by atoms with van der Waals surface area (Å²) in [7, 11) is 1.79. The molecule has 0 saturated carbocycles. The molecule has 2 aromatic carbocycles. The van der Waals surface area contributed by atoms with Crippen LogP contribution in [0.1, 0.15) is 30.0 Å². The average molecular weight is 559 g/mol. The molecular formula is C27H26F4N6O3. The molecule has 2 atom stereocenters. The first kappa shape index (κ1) is 27.2. The third-order valence-electron chi connectivity index (χ3n) is 7.32. The fraction of sp³-hybridized carbons (Fsp3) is 0.333. The van der Waals surface area contributed by atoms with E-state index in [9.17, 15) is 31.9 Å². The zero-order valence-corrected chi connectivity index (χ0v) is 21.6. The first-order valence-corrected chi connectivity index (χ1v) is 12.5. The normalized spacial score (nSPS) is 19.1. The number of hydrogen-bond donors (Lipinski definition) is 2. The first-order valence-electron chi connectivity index (χ1n) is 12.5. The van der Waals surface area contributed by atoms with E-state index in [1.807, 2.05) is 6.07 Å². The maximum atomic E-state index is 13.6. The lowest BCUT2D eigenvalue weighted by Gasteiger charge is -2.32. The number of amides is 4. The van der Waals surface area contributed by atoms with Crippen LogP contribution in [0.3, 0.4) is 0 Å². The summed E-state index contributed by atoms with van der Waals surface area (Å²) < 4.78 is 55.9. The molecule has 4 amide bonds. The van der Waals surface area contributed by atoms with Gasteiger partial charge in [-0.1, -0.05) is 18.2 Å². The molecule has 3 aromatic rings. The lowest BCUT2D eigenvalue weighted by Crippen LogP contribution is -2.51. The molecule has 5 rings (SSSR count). The van der Waals surface area contributed by atoms with Gasteiger partial charge in [-0.3, -0.25) is 19.2 Å². The molecule has 1 spiro atoms. The minimum atomic E-state index is -4.76. The molecule has 2 N–H and O–H groups in total. The lowest BCUT2D eigenvalue weighted by atomic mass is 9.91. The number of halogens is 4. The molecule has 13 heteroatoms. The third kappa shape index (κ3) is 4.98. The fourth-order valence-electron chi connectivity index (χ4n) is 5.13. The van der Waals surface area contributed by atoms with Crippen LogP contribution in [0.5, 0.6) is 0 Å². The number of imide groups is 1. The molecule has 210 valence electrons. The van der Waals surface area contributed by atoms with Gasteiger partial charge in [0.15, 0.2) is 5.82 Å². The zero-order chi connectivity index (χ0) is 28.8.